The number of hydrogen-bond donors (Lipinski definition) is 1. The third-order valence-electron chi connectivity index (χ3n) is 2.94. The van der Waals surface area contributed by atoms with Crippen LogP contribution < -0.4 is 5.32 Å². The van der Waals surface area contributed by atoms with Crippen LogP contribution in [0.5, 0.6) is 0 Å². The molecule has 0 unspecified atom stereocenters. The van der Waals surface area contributed by atoms with Gasteiger partial charge < -0.3 is 5.32 Å². The van der Waals surface area contributed by atoms with Crippen molar-refractivity contribution in [3.8, 4) is 0 Å². The normalized spacial score (nSPS) is 12.7. The van der Waals surface area contributed by atoms with E-state index in [1.54, 1.807) is 11.3 Å². The van der Waals surface area contributed by atoms with Gasteiger partial charge in [0.15, 0.2) is 0 Å². The van der Waals surface area contributed by atoms with Gasteiger partial charge in [-0.1, -0.05) is 29.8 Å². The van der Waals surface area contributed by atoms with Crippen LogP contribution >= 0.6 is 22.9 Å². The lowest BCUT2D eigenvalue weighted by molar-refractivity contribution is 0.577. The van der Waals surface area contributed by atoms with E-state index in [1.165, 1.54) is 4.88 Å². The van der Waals surface area contributed by atoms with E-state index in [0.717, 1.165) is 27.8 Å². The third-order valence-corrected chi connectivity index (χ3v) is 4.36. The van der Waals surface area contributed by atoms with Crippen molar-refractivity contribution in [3.63, 3.8) is 0 Å². The molecule has 0 spiro atoms. The second-order valence-corrected chi connectivity index (χ2v) is 6.06. The highest BCUT2D eigenvalue weighted by atomic mass is 35.5. The zero-order chi connectivity index (χ0) is 13.1. The predicted octanol–water partition coefficient (Wildman–Crippen LogP) is 4.26. The monoisotopic (exact) mass is 280 g/mol. The Balaban J connectivity index is 2.03. The van der Waals surface area contributed by atoms with E-state index in [2.05, 4.69) is 30.2 Å². The molecule has 0 saturated carbocycles. The first-order valence-electron chi connectivity index (χ1n) is 5.98. The molecule has 2 rings (SSSR count). The number of thiazole rings is 1. The number of aryl methyl sites for hydroxylation is 2. The molecule has 0 amide bonds. The van der Waals surface area contributed by atoms with Crippen molar-refractivity contribution < 1.29 is 0 Å². The Morgan fingerprint density at radius 1 is 1.33 bits per heavy atom. The highest BCUT2D eigenvalue weighted by molar-refractivity contribution is 7.11. The Labute approximate surface area is 117 Å². The van der Waals surface area contributed by atoms with Gasteiger partial charge in [0.25, 0.3) is 0 Å². The summed E-state index contributed by atoms with van der Waals surface area (Å²) >= 11 is 7.94. The molecule has 18 heavy (non-hydrogen) atoms. The number of benzene rings is 1. The van der Waals surface area contributed by atoms with Crippen LogP contribution in [-0.2, 0) is 6.54 Å². The Bertz CT molecular complexity index is 536. The molecule has 1 aromatic heterocycles. The summed E-state index contributed by atoms with van der Waals surface area (Å²) in [6, 6.07) is 8.19. The van der Waals surface area contributed by atoms with Crippen LogP contribution in [0.25, 0.3) is 0 Å². The zero-order valence-electron chi connectivity index (χ0n) is 10.8. The van der Waals surface area contributed by atoms with Gasteiger partial charge in [0.05, 0.1) is 10.7 Å². The molecule has 1 heterocycles. The second kappa shape index (κ2) is 5.83. The van der Waals surface area contributed by atoms with E-state index in [1.807, 2.05) is 25.1 Å². The Morgan fingerprint density at radius 2 is 2.06 bits per heavy atom. The van der Waals surface area contributed by atoms with E-state index in [9.17, 15) is 0 Å². The van der Waals surface area contributed by atoms with Crippen molar-refractivity contribution in [2.75, 3.05) is 0 Å². The summed E-state index contributed by atoms with van der Waals surface area (Å²) in [6.45, 7) is 7.06. The minimum absolute atomic E-state index is 0.237. The first kappa shape index (κ1) is 13.5. The van der Waals surface area contributed by atoms with Crippen LogP contribution in [0.15, 0.2) is 24.3 Å². The highest BCUT2D eigenvalue weighted by Gasteiger charge is 2.10. The fourth-order valence-corrected chi connectivity index (χ4v) is 3.11. The maximum Gasteiger partial charge on any atom is 0.0900 e. The zero-order valence-corrected chi connectivity index (χ0v) is 12.4. The third kappa shape index (κ3) is 3.10. The molecule has 0 aliphatic carbocycles. The molecule has 2 nitrogen and oxygen atoms in total. The molecule has 1 aromatic carbocycles. The molecule has 96 valence electrons. The maximum atomic E-state index is 6.19. The molecule has 0 fully saturated rings. The SMILES string of the molecule is Cc1nc(C)c(CN[C@H](C)c2ccccc2Cl)s1. The summed E-state index contributed by atoms with van der Waals surface area (Å²) in [5, 5.41) is 5.43. The van der Waals surface area contributed by atoms with Gasteiger partial charge in [0.2, 0.25) is 0 Å². The minimum Gasteiger partial charge on any atom is -0.305 e. The highest BCUT2D eigenvalue weighted by Crippen LogP contribution is 2.23. The second-order valence-electron chi connectivity index (χ2n) is 4.37. The van der Waals surface area contributed by atoms with E-state index >= 15 is 0 Å². The van der Waals surface area contributed by atoms with Gasteiger partial charge in [0, 0.05) is 22.5 Å². The molecule has 4 heteroatoms. The van der Waals surface area contributed by atoms with Gasteiger partial charge in [0.1, 0.15) is 0 Å². The lowest BCUT2D eigenvalue weighted by Crippen LogP contribution is -2.18. The van der Waals surface area contributed by atoms with Crippen LogP contribution in [0.1, 0.15) is 34.1 Å². The van der Waals surface area contributed by atoms with Crippen LogP contribution in [0, 0.1) is 13.8 Å². The van der Waals surface area contributed by atoms with Crippen molar-refractivity contribution in [1.29, 1.82) is 0 Å². The predicted molar refractivity (Wildman–Crippen MR) is 78.3 cm³/mol. The number of aromatic nitrogens is 1. The molecule has 1 atom stereocenters. The van der Waals surface area contributed by atoms with Crippen molar-refractivity contribution >= 4 is 22.9 Å². The van der Waals surface area contributed by atoms with E-state index in [0.29, 0.717) is 0 Å². The van der Waals surface area contributed by atoms with Crippen molar-refractivity contribution in [2.24, 2.45) is 0 Å². The van der Waals surface area contributed by atoms with Crippen LogP contribution in [0.2, 0.25) is 5.02 Å². The Kier molecular flexibility index (Phi) is 4.38. The number of nitrogens with one attached hydrogen (secondary N) is 1. The molecule has 0 aliphatic heterocycles. The minimum atomic E-state index is 0.237. The molecule has 2 aromatic rings. The molecular weight excluding hydrogens is 264 g/mol. The number of hydrogen-bond acceptors (Lipinski definition) is 3. The summed E-state index contributed by atoms with van der Waals surface area (Å²) in [4.78, 5) is 5.73. The van der Waals surface area contributed by atoms with Gasteiger partial charge in [-0.25, -0.2) is 4.98 Å². The summed E-state index contributed by atoms with van der Waals surface area (Å²) in [6.07, 6.45) is 0. The van der Waals surface area contributed by atoms with Gasteiger partial charge in [-0.2, -0.15) is 0 Å². The number of rotatable bonds is 4. The molecule has 0 radical (unpaired) electrons. The van der Waals surface area contributed by atoms with E-state index in [4.69, 9.17) is 11.6 Å². The Hall–Kier alpha value is -0.900. The standard InChI is InChI=1S/C14H17ClN2S/c1-9(12-6-4-5-7-13(12)15)16-8-14-10(2)17-11(3)18-14/h4-7,9,16H,8H2,1-3H3/t9-/m1/s1. The largest absolute Gasteiger partial charge is 0.305 e. The van der Waals surface area contributed by atoms with Crippen molar-refractivity contribution in [1.82, 2.24) is 10.3 Å². The molecule has 0 aliphatic rings. The molecule has 0 bridgehead atoms. The van der Waals surface area contributed by atoms with Crippen LogP contribution in [0.3, 0.4) is 0 Å². The molecular formula is C14H17ClN2S. The fourth-order valence-electron chi connectivity index (χ4n) is 1.92. The quantitative estimate of drug-likeness (QED) is 0.905. The first-order chi connectivity index (χ1) is 8.58. The fraction of sp³-hybridized carbons (Fsp3) is 0.357. The smallest absolute Gasteiger partial charge is 0.0900 e. The molecule has 0 saturated heterocycles. The van der Waals surface area contributed by atoms with Crippen LogP contribution in [0.4, 0.5) is 0 Å². The lowest BCUT2D eigenvalue weighted by atomic mass is 10.1. The maximum absolute atomic E-state index is 6.19. The van der Waals surface area contributed by atoms with Crippen molar-refractivity contribution in [3.05, 3.63) is 50.4 Å². The van der Waals surface area contributed by atoms with Gasteiger partial charge in [-0.3, -0.25) is 0 Å². The van der Waals surface area contributed by atoms with Gasteiger partial charge in [-0.15, -0.1) is 11.3 Å². The number of nitrogens with zero attached hydrogens (tertiary/aromatic N) is 1. The lowest BCUT2D eigenvalue weighted by Gasteiger charge is -2.15. The van der Waals surface area contributed by atoms with Gasteiger partial charge >= 0.3 is 0 Å². The first-order valence-corrected chi connectivity index (χ1v) is 7.18. The summed E-state index contributed by atoms with van der Waals surface area (Å²) < 4.78 is 0. The summed E-state index contributed by atoms with van der Waals surface area (Å²) in [7, 11) is 0. The summed E-state index contributed by atoms with van der Waals surface area (Å²) in [5.41, 5.74) is 2.26. The average Bonchev–Trinajstić information content (AvgIpc) is 2.65. The van der Waals surface area contributed by atoms with Gasteiger partial charge in [-0.05, 0) is 32.4 Å². The van der Waals surface area contributed by atoms with E-state index in [-0.39, 0.29) is 6.04 Å². The van der Waals surface area contributed by atoms with Crippen molar-refractivity contribution in [2.45, 2.75) is 33.4 Å². The average molecular weight is 281 g/mol. The Morgan fingerprint density at radius 3 is 2.67 bits per heavy atom. The van der Waals surface area contributed by atoms with E-state index < -0.39 is 0 Å². The van der Waals surface area contributed by atoms with Crippen LogP contribution in [-0.4, -0.2) is 4.98 Å². The topological polar surface area (TPSA) is 24.9 Å². The molecule has 1 N–H and O–H groups in total. The summed E-state index contributed by atoms with van der Waals surface area (Å²) in [5.74, 6) is 0. The number of halogens is 1.